The Morgan fingerprint density at radius 1 is 1.11 bits per heavy atom. The Labute approximate surface area is 121 Å². The Bertz CT molecular complexity index is 244. The zero-order chi connectivity index (χ0) is 14.5. The molecular weight excluding hydrogens is 232 g/mol. The summed E-state index contributed by atoms with van der Waals surface area (Å²) in [5.41, 5.74) is 6.38. The Morgan fingerprint density at radius 2 is 1.68 bits per heavy atom. The second-order valence-electron chi connectivity index (χ2n) is 7.61. The first-order valence-corrected chi connectivity index (χ1v) is 8.36. The Balaban J connectivity index is 2.78. The summed E-state index contributed by atoms with van der Waals surface area (Å²) in [5.74, 6) is 1.50. The standard InChI is InChI=1S/C17H36N2/c1-14(2)10-11-19(16-8-6-7-9-16)17(5,13-18)12-15(3)4/h14-16H,6-13,18H2,1-5H3. The maximum Gasteiger partial charge on any atom is 0.0308 e. The fourth-order valence-corrected chi connectivity index (χ4v) is 3.70. The molecule has 0 spiro atoms. The number of nitrogens with two attached hydrogens (primary N) is 1. The molecule has 19 heavy (non-hydrogen) atoms. The minimum Gasteiger partial charge on any atom is -0.329 e. The van der Waals surface area contributed by atoms with Gasteiger partial charge in [-0.25, -0.2) is 0 Å². The van der Waals surface area contributed by atoms with E-state index in [1.807, 2.05) is 0 Å². The van der Waals surface area contributed by atoms with E-state index in [2.05, 4.69) is 39.5 Å². The van der Waals surface area contributed by atoms with Gasteiger partial charge in [0, 0.05) is 18.1 Å². The third-order valence-electron chi connectivity index (χ3n) is 4.69. The lowest BCUT2D eigenvalue weighted by Gasteiger charge is -2.46. The second-order valence-corrected chi connectivity index (χ2v) is 7.61. The van der Waals surface area contributed by atoms with Crippen molar-refractivity contribution in [3.8, 4) is 0 Å². The van der Waals surface area contributed by atoms with E-state index in [1.54, 1.807) is 0 Å². The molecule has 1 aliphatic carbocycles. The number of nitrogens with zero attached hydrogens (tertiary/aromatic N) is 1. The first kappa shape index (κ1) is 17.0. The largest absolute Gasteiger partial charge is 0.329 e. The Kier molecular flexibility index (Phi) is 6.82. The molecule has 1 fully saturated rings. The second kappa shape index (κ2) is 7.64. The van der Waals surface area contributed by atoms with Crippen molar-refractivity contribution in [1.29, 1.82) is 0 Å². The van der Waals surface area contributed by atoms with Crippen LogP contribution >= 0.6 is 0 Å². The summed E-state index contributed by atoms with van der Waals surface area (Å²) in [6.07, 6.45) is 8.09. The third-order valence-corrected chi connectivity index (χ3v) is 4.69. The topological polar surface area (TPSA) is 29.3 Å². The van der Waals surface area contributed by atoms with Crippen LogP contribution in [-0.2, 0) is 0 Å². The molecule has 2 heteroatoms. The molecule has 0 amide bonds. The van der Waals surface area contributed by atoms with Crippen LogP contribution in [0.4, 0.5) is 0 Å². The normalized spacial score (nSPS) is 20.7. The van der Waals surface area contributed by atoms with Crippen LogP contribution in [0.5, 0.6) is 0 Å². The smallest absolute Gasteiger partial charge is 0.0308 e. The van der Waals surface area contributed by atoms with Gasteiger partial charge in [0.05, 0.1) is 0 Å². The van der Waals surface area contributed by atoms with Crippen molar-refractivity contribution >= 4 is 0 Å². The van der Waals surface area contributed by atoms with Gasteiger partial charge in [0.15, 0.2) is 0 Å². The highest BCUT2D eigenvalue weighted by molar-refractivity contribution is 4.93. The molecule has 0 aromatic rings. The van der Waals surface area contributed by atoms with Crippen LogP contribution in [0, 0.1) is 11.8 Å². The van der Waals surface area contributed by atoms with Crippen molar-refractivity contribution in [2.75, 3.05) is 13.1 Å². The molecule has 0 aromatic heterocycles. The lowest BCUT2D eigenvalue weighted by Crippen LogP contribution is -2.56. The molecule has 0 saturated heterocycles. The van der Waals surface area contributed by atoms with Crippen molar-refractivity contribution in [1.82, 2.24) is 4.90 Å². The Hall–Kier alpha value is -0.0800. The molecule has 0 bridgehead atoms. The van der Waals surface area contributed by atoms with Gasteiger partial charge in [-0.15, -0.1) is 0 Å². The van der Waals surface area contributed by atoms with Crippen LogP contribution < -0.4 is 5.73 Å². The van der Waals surface area contributed by atoms with Gasteiger partial charge in [-0.1, -0.05) is 40.5 Å². The summed E-state index contributed by atoms with van der Waals surface area (Å²) >= 11 is 0. The molecule has 1 atom stereocenters. The lowest BCUT2D eigenvalue weighted by atomic mass is 9.86. The van der Waals surface area contributed by atoms with Gasteiger partial charge < -0.3 is 5.73 Å². The fraction of sp³-hybridized carbons (Fsp3) is 1.00. The molecule has 1 rings (SSSR count). The van der Waals surface area contributed by atoms with Crippen molar-refractivity contribution in [3.63, 3.8) is 0 Å². The summed E-state index contributed by atoms with van der Waals surface area (Å²) in [4.78, 5) is 2.78. The van der Waals surface area contributed by atoms with Gasteiger partial charge in [0.1, 0.15) is 0 Å². The van der Waals surface area contributed by atoms with Crippen LogP contribution in [0.3, 0.4) is 0 Å². The SMILES string of the molecule is CC(C)CCN(C1CCCC1)C(C)(CN)CC(C)C. The summed E-state index contributed by atoms with van der Waals surface area (Å²) in [5, 5.41) is 0. The summed E-state index contributed by atoms with van der Waals surface area (Å²) in [7, 11) is 0. The van der Waals surface area contributed by atoms with Crippen molar-refractivity contribution in [2.45, 2.75) is 84.7 Å². The summed E-state index contributed by atoms with van der Waals surface area (Å²) < 4.78 is 0. The molecule has 2 N–H and O–H groups in total. The van der Waals surface area contributed by atoms with E-state index in [4.69, 9.17) is 5.73 Å². The third kappa shape index (κ3) is 5.07. The van der Waals surface area contributed by atoms with Crippen LogP contribution in [0.25, 0.3) is 0 Å². The molecule has 0 aromatic carbocycles. The summed E-state index contributed by atoms with van der Waals surface area (Å²) in [6, 6.07) is 0.783. The predicted molar refractivity (Wildman–Crippen MR) is 85.3 cm³/mol. The zero-order valence-electron chi connectivity index (χ0n) is 13.9. The first-order valence-electron chi connectivity index (χ1n) is 8.36. The molecule has 114 valence electrons. The van der Waals surface area contributed by atoms with Crippen LogP contribution in [0.2, 0.25) is 0 Å². The highest BCUT2D eigenvalue weighted by atomic mass is 15.2. The monoisotopic (exact) mass is 268 g/mol. The molecule has 2 nitrogen and oxygen atoms in total. The van der Waals surface area contributed by atoms with E-state index in [-0.39, 0.29) is 5.54 Å². The maximum atomic E-state index is 6.19. The first-order chi connectivity index (χ1) is 8.89. The van der Waals surface area contributed by atoms with Gasteiger partial charge in [-0.3, -0.25) is 4.90 Å². The average molecular weight is 268 g/mol. The van der Waals surface area contributed by atoms with Gasteiger partial charge in [-0.05, 0) is 51.0 Å². The Morgan fingerprint density at radius 3 is 2.11 bits per heavy atom. The molecule has 0 heterocycles. The molecule has 1 aliphatic rings. The van der Waals surface area contributed by atoms with Gasteiger partial charge in [0.25, 0.3) is 0 Å². The van der Waals surface area contributed by atoms with E-state index < -0.39 is 0 Å². The number of rotatable bonds is 8. The number of hydrogen-bond acceptors (Lipinski definition) is 2. The van der Waals surface area contributed by atoms with Gasteiger partial charge in [-0.2, -0.15) is 0 Å². The van der Waals surface area contributed by atoms with Gasteiger partial charge in [0.2, 0.25) is 0 Å². The van der Waals surface area contributed by atoms with E-state index in [1.165, 1.54) is 45.1 Å². The van der Waals surface area contributed by atoms with E-state index >= 15 is 0 Å². The zero-order valence-corrected chi connectivity index (χ0v) is 13.9. The minimum atomic E-state index is 0.193. The molecule has 1 unspecified atom stereocenters. The average Bonchev–Trinajstić information content (AvgIpc) is 2.81. The predicted octanol–water partition coefficient (Wildman–Crippen LogP) is 4.04. The molecule has 0 aliphatic heterocycles. The quantitative estimate of drug-likeness (QED) is 0.720. The minimum absolute atomic E-state index is 0.193. The van der Waals surface area contributed by atoms with Crippen molar-refractivity contribution in [3.05, 3.63) is 0 Å². The van der Waals surface area contributed by atoms with E-state index in [0.717, 1.165) is 24.4 Å². The fourth-order valence-electron chi connectivity index (χ4n) is 3.70. The highest BCUT2D eigenvalue weighted by Gasteiger charge is 2.36. The van der Waals surface area contributed by atoms with E-state index in [9.17, 15) is 0 Å². The van der Waals surface area contributed by atoms with Crippen LogP contribution in [0.15, 0.2) is 0 Å². The van der Waals surface area contributed by atoms with Crippen molar-refractivity contribution < 1.29 is 0 Å². The van der Waals surface area contributed by atoms with Crippen LogP contribution in [0.1, 0.15) is 73.1 Å². The van der Waals surface area contributed by atoms with E-state index in [0.29, 0.717) is 0 Å². The molecular formula is C17H36N2. The summed E-state index contributed by atoms with van der Waals surface area (Å²) in [6.45, 7) is 13.7. The van der Waals surface area contributed by atoms with Gasteiger partial charge >= 0.3 is 0 Å². The molecule has 0 radical (unpaired) electrons. The highest BCUT2D eigenvalue weighted by Crippen LogP contribution is 2.33. The number of hydrogen-bond donors (Lipinski definition) is 1. The maximum absolute atomic E-state index is 6.19. The van der Waals surface area contributed by atoms with Crippen LogP contribution in [-0.4, -0.2) is 29.6 Å². The van der Waals surface area contributed by atoms with Crippen molar-refractivity contribution in [2.24, 2.45) is 17.6 Å². The molecule has 1 saturated carbocycles. The lowest BCUT2D eigenvalue weighted by molar-refractivity contribution is 0.0421.